The third-order valence-corrected chi connectivity index (χ3v) is 3.90. The highest BCUT2D eigenvalue weighted by Crippen LogP contribution is 2.27. The molecule has 10 nitrogen and oxygen atoms in total. The Morgan fingerprint density at radius 3 is 2.68 bits per heavy atom. The molecule has 0 amide bonds. The van der Waals surface area contributed by atoms with Gasteiger partial charge in [0.1, 0.15) is 11.3 Å². The fourth-order valence-corrected chi connectivity index (χ4v) is 2.63. The topological polar surface area (TPSA) is 145 Å². The van der Waals surface area contributed by atoms with Gasteiger partial charge in [0.05, 0.1) is 13.3 Å². The zero-order valence-electron chi connectivity index (χ0n) is 12.8. The van der Waals surface area contributed by atoms with Crippen LogP contribution in [0.15, 0.2) is 39.0 Å². The molecule has 128 valence electrons. The third kappa shape index (κ3) is 3.72. The van der Waals surface area contributed by atoms with Gasteiger partial charge < -0.3 is 9.84 Å². The van der Waals surface area contributed by atoms with Crippen LogP contribution in [0.25, 0.3) is 10.6 Å². The van der Waals surface area contributed by atoms with Crippen LogP contribution in [-0.2, 0) is 0 Å². The summed E-state index contributed by atoms with van der Waals surface area (Å²) in [5.74, 6) is 0.169. The molecule has 11 heteroatoms. The summed E-state index contributed by atoms with van der Waals surface area (Å²) in [5.41, 5.74) is 1.79. The van der Waals surface area contributed by atoms with Crippen LogP contribution in [0.5, 0.6) is 11.6 Å². The highest BCUT2D eigenvalue weighted by molar-refractivity contribution is 7.18. The first kappa shape index (κ1) is 16.4. The molecule has 0 aliphatic rings. The van der Waals surface area contributed by atoms with E-state index in [1.165, 1.54) is 0 Å². The molecule has 4 N–H and O–H groups in total. The van der Waals surface area contributed by atoms with Gasteiger partial charge in [0.25, 0.3) is 5.56 Å². The number of hydrazone groups is 1. The van der Waals surface area contributed by atoms with Crippen molar-refractivity contribution in [2.24, 2.45) is 5.10 Å². The number of rotatable bonds is 5. The van der Waals surface area contributed by atoms with Crippen molar-refractivity contribution in [3.8, 4) is 22.2 Å². The Hall–Kier alpha value is -3.47. The fraction of sp³-hybridized carbons (Fsp3) is 0.0714. The van der Waals surface area contributed by atoms with Crippen LogP contribution in [0.1, 0.15) is 5.56 Å². The van der Waals surface area contributed by atoms with E-state index < -0.39 is 17.1 Å². The summed E-state index contributed by atoms with van der Waals surface area (Å²) in [6, 6.07) is 7.26. The van der Waals surface area contributed by atoms with Crippen molar-refractivity contribution in [2.45, 2.75) is 0 Å². The molecule has 25 heavy (non-hydrogen) atoms. The number of ether oxygens (including phenoxy) is 1. The van der Waals surface area contributed by atoms with E-state index in [1.807, 2.05) is 17.1 Å². The smallest absolute Gasteiger partial charge is 0.328 e. The van der Waals surface area contributed by atoms with E-state index in [1.54, 1.807) is 25.5 Å². The summed E-state index contributed by atoms with van der Waals surface area (Å²) in [4.78, 5) is 26.9. The highest BCUT2D eigenvalue weighted by atomic mass is 32.1. The minimum absolute atomic E-state index is 0.136. The molecule has 0 saturated carbocycles. The van der Waals surface area contributed by atoms with Crippen LogP contribution >= 0.6 is 11.3 Å². The second-order valence-corrected chi connectivity index (χ2v) is 5.66. The van der Waals surface area contributed by atoms with Crippen molar-refractivity contribution >= 4 is 22.7 Å². The summed E-state index contributed by atoms with van der Waals surface area (Å²) in [7, 11) is 1.59. The number of anilines is 1. The standard InChI is InChI=1S/C14H12N6O4S/c1-24-8-4-2-7(3-5-8)6-15-19-14-20-18-12(25-14)9-10(21)16-13(23)17-11(9)22/h2-6H,1H3,(H,19,20)(H3,16,17,21,22,23)/b15-6+. The lowest BCUT2D eigenvalue weighted by Gasteiger charge is -1.98. The SMILES string of the molecule is COc1ccc(/C=N/Nc2nnc(-c3c(O)[nH]c(=O)[nH]c3=O)s2)cc1. The third-order valence-electron chi connectivity index (χ3n) is 3.05. The molecule has 1 aromatic carbocycles. The molecule has 2 aromatic heterocycles. The number of benzene rings is 1. The summed E-state index contributed by atoms with van der Waals surface area (Å²) >= 11 is 0.992. The van der Waals surface area contributed by atoms with Crippen molar-refractivity contribution in [3.05, 3.63) is 50.7 Å². The second kappa shape index (κ2) is 6.97. The number of hydrogen-bond acceptors (Lipinski definition) is 9. The first-order valence-corrected chi connectivity index (χ1v) is 7.71. The zero-order valence-corrected chi connectivity index (χ0v) is 13.6. The lowest BCUT2D eigenvalue weighted by molar-refractivity contribution is 0.415. The number of nitrogens with zero attached hydrogens (tertiary/aromatic N) is 3. The molecule has 0 bridgehead atoms. The molecule has 0 atom stereocenters. The van der Waals surface area contributed by atoms with E-state index in [-0.39, 0.29) is 10.6 Å². The maximum absolute atomic E-state index is 11.8. The predicted molar refractivity (Wildman–Crippen MR) is 92.5 cm³/mol. The first-order valence-electron chi connectivity index (χ1n) is 6.89. The van der Waals surface area contributed by atoms with Crippen molar-refractivity contribution in [3.63, 3.8) is 0 Å². The number of nitrogens with one attached hydrogen (secondary N) is 3. The van der Waals surface area contributed by atoms with Crippen LogP contribution in [-0.4, -0.2) is 38.6 Å². The van der Waals surface area contributed by atoms with E-state index in [0.29, 0.717) is 5.13 Å². The normalized spacial score (nSPS) is 10.9. The quantitative estimate of drug-likeness (QED) is 0.388. The Kier molecular flexibility index (Phi) is 4.57. The van der Waals surface area contributed by atoms with Crippen LogP contribution in [0.4, 0.5) is 5.13 Å². The summed E-state index contributed by atoms with van der Waals surface area (Å²) in [6.07, 6.45) is 1.57. The summed E-state index contributed by atoms with van der Waals surface area (Å²) in [5, 5.41) is 21.8. The molecular formula is C14H12N6O4S. The largest absolute Gasteiger partial charge is 0.497 e. The minimum Gasteiger partial charge on any atom is -0.497 e. The van der Waals surface area contributed by atoms with Gasteiger partial charge in [0, 0.05) is 0 Å². The summed E-state index contributed by atoms with van der Waals surface area (Å²) in [6.45, 7) is 0. The number of methoxy groups -OCH3 is 1. The molecule has 2 heterocycles. The number of aromatic nitrogens is 4. The average Bonchev–Trinajstić information content (AvgIpc) is 3.03. The van der Waals surface area contributed by atoms with Crippen molar-refractivity contribution in [1.82, 2.24) is 20.2 Å². The molecule has 0 aliphatic carbocycles. The van der Waals surface area contributed by atoms with Gasteiger partial charge in [-0.15, -0.1) is 10.2 Å². The van der Waals surface area contributed by atoms with Gasteiger partial charge in [-0.2, -0.15) is 5.10 Å². The van der Waals surface area contributed by atoms with E-state index in [0.717, 1.165) is 22.6 Å². The Bertz CT molecular complexity index is 1020. The highest BCUT2D eigenvalue weighted by Gasteiger charge is 2.16. The van der Waals surface area contributed by atoms with Crippen molar-refractivity contribution in [2.75, 3.05) is 12.5 Å². The monoisotopic (exact) mass is 360 g/mol. The molecular weight excluding hydrogens is 348 g/mol. The van der Waals surface area contributed by atoms with E-state index in [9.17, 15) is 14.7 Å². The summed E-state index contributed by atoms with van der Waals surface area (Å²) < 4.78 is 5.07. The van der Waals surface area contributed by atoms with Gasteiger partial charge in [0.15, 0.2) is 5.01 Å². The number of aromatic amines is 2. The van der Waals surface area contributed by atoms with Crippen LogP contribution in [0.3, 0.4) is 0 Å². The average molecular weight is 360 g/mol. The molecule has 3 rings (SSSR count). The van der Waals surface area contributed by atoms with E-state index >= 15 is 0 Å². The van der Waals surface area contributed by atoms with Gasteiger partial charge >= 0.3 is 5.69 Å². The molecule has 0 aliphatic heterocycles. The Labute approximate surface area is 143 Å². The molecule has 0 fully saturated rings. The molecule has 0 saturated heterocycles. The number of aromatic hydroxyl groups is 1. The number of H-pyrrole nitrogens is 2. The predicted octanol–water partition coefficient (Wildman–Crippen LogP) is 0.742. The van der Waals surface area contributed by atoms with Crippen LogP contribution in [0, 0.1) is 0 Å². The second-order valence-electron chi connectivity index (χ2n) is 4.69. The molecule has 0 spiro atoms. The lowest BCUT2D eigenvalue weighted by Crippen LogP contribution is -2.23. The van der Waals surface area contributed by atoms with Gasteiger partial charge in [-0.3, -0.25) is 20.2 Å². The molecule has 0 radical (unpaired) electrons. The number of hydrogen-bond donors (Lipinski definition) is 4. The minimum atomic E-state index is -0.807. The van der Waals surface area contributed by atoms with E-state index in [2.05, 4.69) is 25.7 Å². The first-order chi connectivity index (χ1) is 12.1. The van der Waals surface area contributed by atoms with Gasteiger partial charge in [0.2, 0.25) is 11.0 Å². The van der Waals surface area contributed by atoms with Gasteiger partial charge in [-0.1, -0.05) is 11.3 Å². The lowest BCUT2D eigenvalue weighted by atomic mass is 10.2. The Morgan fingerprint density at radius 1 is 1.24 bits per heavy atom. The zero-order chi connectivity index (χ0) is 17.8. The maximum atomic E-state index is 11.8. The van der Waals surface area contributed by atoms with Crippen LogP contribution in [0.2, 0.25) is 0 Å². The Morgan fingerprint density at radius 2 is 2.00 bits per heavy atom. The van der Waals surface area contributed by atoms with E-state index in [4.69, 9.17) is 4.74 Å². The van der Waals surface area contributed by atoms with Crippen molar-refractivity contribution < 1.29 is 9.84 Å². The molecule has 0 unspecified atom stereocenters. The Balaban J connectivity index is 1.75. The van der Waals surface area contributed by atoms with Gasteiger partial charge in [-0.05, 0) is 29.8 Å². The maximum Gasteiger partial charge on any atom is 0.328 e. The van der Waals surface area contributed by atoms with Crippen LogP contribution < -0.4 is 21.4 Å². The fourth-order valence-electron chi connectivity index (χ4n) is 1.89. The molecule has 3 aromatic rings. The van der Waals surface area contributed by atoms with Crippen molar-refractivity contribution in [1.29, 1.82) is 0 Å². The van der Waals surface area contributed by atoms with Gasteiger partial charge in [-0.25, -0.2) is 4.79 Å².